The van der Waals surface area contributed by atoms with Crippen LogP contribution in [-0.2, 0) is 11.0 Å². The second-order valence-corrected chi connectivity index (χ2v) is 5.94. The van der Waals surface area contributed by atoms with Gasteiger partial charge in [0.15, 0.2) is 0 Å². The van der Waals surface area contributed by atoms with Gasteiger partial charge >= 0.3 is 6.18 Å². The molecule has 0 fully saturated rings. The van der Waals surface area contributed by atoms with E-state index in [1.165, 1.54) is 16.8 Å². The van der Waals surface area contributed by atoms with Gasteiger partial charge in [0.25, 0.3) is 11.7 Å². The third-order valence-electron chi connectivity index (χ3n) is 3.96. The molecule has 2 aromatic rings. The molecule has 0 saturated carbocycles. The Balaban J connectivity index is 2.36. The number of benzene rings is 1. The summed E-state index contributed by atoms with van der Waals surface area (Å²) in [7, 11) is 0. The number of halogens is 3. The van der Waals surface area contributed by atoms with Crippen LogP contribution in [0, 0.1) is 13.8 Å². The van der Waals surface area contributed by atoms with Crippen molar-refractivity contribution in [3.05, 3.63) is 46.8 Å². The molecule has 2 rings (SSSR count). The number of aryl methyl sites for hydroxylation is 1. The van der Waals surface area contributed by atoms with Gasteiger partial charge in [-0.2, -0.15) is 18.3 Å². The van der Waals surface area contributed by atoms with E-state index in [9.17, 15) is 22.8 Å². The number of unbranched alkanes of at least 4 members (excludes halogenated alkanes) is 1. The van der Waals surface area contributed by atoms with Crippen molar-refractivity contribution in [2.45, 2.75) is 39.8 Å². The first kappa shape index (κ1) is 19.7. The number of nitrogens with zero attached hydrogens (tertiary/aromatic N) is 2. The van der Waals surface area contributed by atoms with E-state index in [0.29, 0.717) is 12.2 Å². The number of hydrogen-bond donors (Lipinski definition) is 1. The van der Waals surface area contributed by atoms with Gasteiger partial charge in [0.2, 0.25) is 0 Å². The lowest BCUT2D eigenvalue weighted by Gasteiger charge is -2.10. The average Bonchev–Trinajstić information content (AvgIpc) is 2.88. The Bertz CT molecular complexity index is 826. The number of nitrogens with one attached hydrogen (secondary N) is 1. The summed E-state index contributed by atoms with van der Waals surface area (Å²) in [6.45, 7) is 5.44. The molecule has 1 heterocycles. The Morgan fingerprint density at radius 1 is 1.23 bits per heavy atom. The van der Waals surface area contributed by atoms with Crippen molar-refractivity contribution in [3.8, 4) is 5.69 Å². The van der Waals surface area contributed by atoms with Crippen LogP contribution < -0.4 is 5.32 Å². The number of carbonyl (C=O) groups is 2. The summed E-state index contributed by atoms with van der Waals surface area (Å²) < 4.78 is 40.0. The second kappa shape index (κ2) is 7.72. The number of alkyl halides is 3. The van der Waals surface area contributed by atoms with Gasteiger partial charge in [-0.25, -0.2) is 4.68 Å². The van der Waals surface area contributed by atoms with Crippen LogP contribution in [0.15, 0.2) is 24.3 Å². The van der Waals surface area contributed by atoms with E-state index in [1.807, 2.05) is 6.92 Å². The Hall–Kier alpha value is -2.64. The molecule has 8 heteroatoms. The third kappa shape index (κ3) is 4.12. The first-order chi connectivity index (χ1) is 12.2. The zero-order valence-corrected chi connectivity index (χ0v) is 14.8. The number of aromatic nitrogens is 2. The molecule has 0 aliphatic carbocycles. The van der Waals surface area contributed by atoms with Gasteiger partial charge in [-0.15, -0.1) is 0 Å². The highest BCUT2D eigenvalue weighted by molar-refractivity contribution is 6.43. The molecule has 1 N–H and O–H groups in total. The molecule has 0 atom stereocenters. The van der Waals surface area contributed by atoms with Crippen molar-refractivity contribution in [1.82, 2.24) is 15.1 Å². The molecule has 0 spiro atoms. The third-order valence-corrected chi connectivity index (χ3v) is 3.96. The molecule has 1 aromatic carbocycles. The van der Waals surface area contributed by atoms with Crippen LogP contribution in [0.5, 0.6) is 0 Å². The minimum absolute atomic E-state index is 0.108. The van der Waals surface area contributed by atoms with Gasteiger partial charge in [0, 0.05) is 6.54 Å². The van der Waals surface area contributed by atoms with Crippen molar-refractivity contribution in [2.75, 3.05) is 6.54 Å². The molecule has 0 aliphatic heterocycles. The quantitative estimate of drug-likeness (QED) is 0.482. The molecular formula is C18H20F3N3O2. The van der Waals surface area contributed by atoms with Crippen molar-refractivity contribution in [2.24, 2.45) is 0 Å². The number of amides is 1. The Kier molecular flexibility index (Phi) is 5.84. The predicted molar refractivity (Wildman–Crippen MR) is 90.3 cm³/mol. The van der Waals surface area contributed by atoms with Crippen molar-refractivity contribution < 1.29 is 22.8 Å². The van der Waals surface area contributed by atoms with Gasteiger partial charge in [-0.3, -0.25) is 9.59 Å². The standard InChI is InChI=1S/C18H20F3N3O2/c1-4-5-9-22-17(26)16(25)15-11(2)23-24(12(15)3)14-8-6-7-13(10-14)18(19,20)21/h6-8,10H,4-5,9H2,1-3H3,(H,22,26). The minimum atomic E-state index is -4.48. The zero-order chi connectivity index (χ0) is 19.5. The van der Waals surface area contributed by atoms with E-state index in [1.54, 1.807) is 13.8 Å². The summed E-state index contributed by atoms with van der Waals surface area (Å²) in [6, 6.07) is 4.65. The highest BCUT2D eigenvalue weighted by Crippen LogP contribution is 2.30. The van der Waals surface area contributed by atoms with Gasteiger partial charge in [0.05, 0.1) is 28.2 Å². The van der Waals surface area contributed by atoms with Crippen LogP contribution >= 0.6 is 0 Å². The van der Waals surface area contributed by atoms with E-state index >= 15 is 0 Å². The lowest BCUT2D eigenvalue weighted by Crippen LogP contribution is -2.32. The highest BCUT2D eigenvalue weighted by atomic mass is 19.4. The maximum atomic E-state index is 12.9. The van der Waals surface area contributed by atoms with E-state index in [4.69, 9.17) is 0 Å². The largest absolute Gasteiger partial charge is 0.416 e. The zero-order valence-electron chi connectivity index (χ0n) is 14.8. The number of ketones is 1. The molecule has 0 radical (unpaired) electrons. The van der Waals surface area contributed by atoms with E-state index in [0.717, 1.165) is 25.0 Å². The smallest absolute Gasteiger partial charge is 0.349 e. The highest BCUT2D eigenvalue weighted by Gasteiger charge is 2.31. The van der Waals surface area contributed by atoms with Crippen molar-refractivity contribution in [3.63, 3.8) is 0 Å². The molecule has 1 amide bonds. The number of carbonyl (C=O) groups excluding carboxylic acids is 2. The summed E-state index contributed by atoms with van der Waals surface area (Å²) in [5, 5.41) is 6.69. The Morgan fingerprint density at radius 3 is 2.54 bits per heavy atom. The SMILES string of the molecule is CCCCNC(=O)C(=O)c1c(C)nn(-c2cccc(C(F)(F)F)c2)c1C. The minimum Gasteiger partial charge on any atom is -0.349 e. The Morgan fingerprint density at radius 2 is 1.92 bits per heavy atom. The van der Waals surface area contributed by atoms with E-state index in [2.05, 4.69) is 10.4 Å². The lowest BCUT2D eigenvalue weighted by atomic mass is 10.1. The monoisotopic (exact) mass is 367 g/mol. The second-order valence-electron chi connectivity index (χ2n) is 5.94. The summed E-state index contributed by atoms with van der Waals surface area (Å²) in [4.78, 5) is 24.4. The van der Waals surface area contributed by atoms with Crippen molar-refractivity contribution >= 4 is 11.7 Å². The molecule has 0 saturated heterocycles. The maximum absolute atomic E-state index is 12.9. The fraction of sp³-hybridized carbons (Fsp3) is 0.389. The van der Waals surface area contributed by atoms with Crippen LogP contribution in [0.2, 0.25) is 0 Å². The molecule has 0 aliphatic rings. The van der Waals surface area contributed by atoms with Gasteiger partial charge in [-0.1, -0.05) is 19.4 Å². The molecule has 0 unspecified atom stereocenters. The van der Waals surface area contributed by atoms with Crippen LogP contribution in [0.4, 0.5) is 13.2 Å². The molecule has 0 bridgehead atoms. The van der Waals surface area contributed by atoms with E-state index in [-0.39, 0.29) is 16.9 Å². The summed E-state index contributed by atoms with van der Waals surface area (Å²) in [6.07, 6.45) is -2.86. The van der Waals surface area contributed by atoms with Gasteiger partial charge in [-0.05, 0) is 38.5 Å². The fourth-order valence-electron chi connectivity index (χ4n) is 2.61. The first-order valence-corrected chi connectivity index (χ1v) is 8.23. The first-order valence-electron chi connectivity index (χ1n) is 8.23. The molecular weight excluding hydrogens is 347 g/mol. The number of Topliss-reactive ketones (excluding diaryl/α,β-unsaturated/α-hetero) is 1. The van der Waals surface area contributed by atoms with Crippen LogP contribution in [-0.4, -0.2) is 28.0 Å². The van der Waals surface area contributed by atoms with Gasteiger partial charge in [0.1, 0.15) is 0 Å². The molecule has 26 heavy (non-hydrogen) atoms. The fourth-order valence-corrected chi connectivity index (χ4v) is 2.61. The summed E-state index contributed by atoms with van der Waals surface area (Å²) in [5.74, 6) is -1.48. The van der Waals surface area contributed by atoms with E-state index < -0.39 is 23.4 Å². The molecule has 1 aromatic heterocycles. The Labute approximate surface area is 149 Å². The number of rotatable bonds is 6. The normalized spacial score (nSPS) is 11.5. The van der Waals surface area contributed by atoms with Gasteiger partial charge < -0.3 is 5.32 Å². The topological polar surface area (TPSA) is 64.0 Å². The van der Waals surface area contributed by atoms with Crippen LogP contribution in [0.1, 0.15) is 47.1 Å². The summed E-state index contributed by atoms with van der Waals surface area (Å²) in [5.41, 5.74) is 0.0723. The number of hydrogen-bond acceptors (Lipinski definition) is 3. The lowest BCUT2D eigenvalue weighted by molar-refractivity contribution is -0.137. The molecule has 140 valence electrons. The average molecular weight is 367 g/mol. The van der Waals surface area contributed by atoms with Crippen LogP contribution in [0.3, 0.4) is 0 Å². The van der Waals surface area contributed by atoms with Crippen LogP contribution in [0.25, 0.3) is 5.69 Å². The summed E-state index contributed by atoms with van der Waals surface area (Å²) >= 11 is 0. The van der Waals surface area contributed by atoms with Crippen molar-refractivity contribution in [1.29, 1.82) is 0 Å². The maximum Gasteiger partial charge on any atom is 0.416 e. The predicted octanol–water partition coefficient (Wildman–Crippen LogP) is 3.61. The molecule has 5 nitrogen and oxygen atoms in total.